The highest BCUT2D eigenvalue weighted by molar-refractivity contribution is 5.95. The minimum Gasteiger partial charge on any atom is -0.355 e. The van der Waals surface area contributed by atoms with Crippen LogP contribution in [0.3, 0.4) is 0 Å². The topological polar surface area (TPSA) is 29.1 Å². The molecule has 0 atom stereocenters. The van der Waals surface area contributed by atoms with Crippen LogP contribution in [0.1, 0.15) is 21.5 Å². The average Bonchev–Trinajstić information content (AvgIpc) is 2.17. The Hall–Kier alpha value is -1.57. The van der Waals surface area contributed by atoms with E-state index < -0.39 is 0 Å². The fourth-order valence-corrected chi connectivity index (χ4v) is 1.41. The van der Waals surface area contributed by atoms with E-state index >= 15 is 0 Å². The lowest BCUT2D eigenvalue weighted by Gasteiger charge is -2.05. The largest absolute Gasteiger partial charge is 0.355 e. The molecule has 0 saturated carbocycles. The molecule has 1 amide bonds. The molecule has 0 aliphatic heterocycles. The Kier molecular flexibility index (Phi) is 3.46. The summed E-state index contributed by atoms with van der Waals surface area (Å²) in [7, 11) is 1.64. The zero-order chi connectivity index (χ0) is 10.6. The fourth-order valence-electron chi connectivity index (χ4n) is 1.41. The van der Waals surface area contributed by atoms with Crippen LogP contribution >= 0.6 is 0 Å². The van der Waals surface area contributed by atoms with Gasteiger partial charge in [0.05, 0.1) is 0 Å². The molecule has 14 heavy (non-hydrogen) atoms. The third-order valence-corrected chi connectivity index (χ3v) is 2.14. The first-order valence-corrected chi connectivity index (χ1v) is 4.61. The molecule has 1 aromatic rings. The monoisotopic (exact) mass is 189 g/mol. The molecule has 2 heteroatoms. The predicted molar refractivity (Wildman–Crippen MR) is 58.5 cm³/mol. The number of carbonyl (C=O) groups is 1. The van der Waals surface area contributed by atoms with Crippen molar-refractivity contribution in [3.05, 3.63) is 47.5 Å². The Morgan fingerprint density at radius 3 is 2.79 bits per heavy atom. The Morgan fingerprint density at radius 2 is 2.29 bits per heavy atom. The van der Waals surface area contributed by atoms with Gasteiger partial charge in [-0.05, 0) is 30.5 Å². The Labute approximate surface area is 84.6 Å². The van der Waals surface area contributed by atoms with Crippen LogP contribution in [0.4, 0.5) is 0 Å². The van der Waals surface area contributed by atoms with Gasteiger partial charge in [0.2, 0.25) is 0 Å². The molecule has 2 nitrogen and oxygen atoms in total. The lowest BCUT2D eigenvalue weighted by molar-refractivity contribution is 0.0962. The minimum atomic E-state index is -0.0346. The number of allylic oxidation sites excluding steroid dienone is 1. The molecule has 1 rings (SSSR count). The third-order valence-electron chi connectivity index (χ3n) is 2.14. The van der Waals surface area contributed by atoms with Crippen LogP contribution in [-0.4, -0.2) is 13.0 Å². The van der Waals surface area contributed by atoms with Gasteiger partial charge in [-0.1, -0.05) is 18.2 Å². The van der Waals surface area contributed by atoms with Crippen molar-refractivity contribution in [1.29, 1.82) is 0 Å². The molecule has 1 aromatic carbocycles. The summed E-state index contributed by atoms with van der Waals surface area (Å²) in [5.74, 6) is -0.0346. The second-order valence-corrected chi connectivity index (χ2v) is 3.22. The zero-order valence-corrected chi connectivity index (χ0v) is 8.63. The molecule has 0 radical (unpaired) electrons. The molecule has 0 aliphatic carbocycles. The Morgan fingerprint density at radius 1 is 1.57 bits per heavy atom. The number of hydrogen-bond donors (Lipinski definition) is 1. The van der Waals surface area contributed by atoms with Crippen molar-refractivity contribution in [2.75, 3.05) is 7.05 Å². The second-order valence-electron chi connectivity index (χ2n) is 3.22. The molecule has 0 heterocycles. The summed E-state index contributed by atoms with van der Waals surface area (Å²) in [6.07, 6.45) is 2.70. The maximum absolute atomic E-state index is 11.4. The molecule has 0 aromatic heterocycles. The van der Waals surface area contributed by atoms with E-state index in [-0.39, 0.29) is 5.91 Å². The smallest absolute Gasteiger partial charge is 0.251 e. The van der Waals surface area contributed by atoms with E-state index in [1.807, 2.05) is 31.2 Å². The normalized spacial score (nSPS) is 9.57. The van der Waals surface area contributed by atoms with Crippen molar-refractivity contribution >= 4 is 5.91 Å². The van der Waals surface area contributed by atoms with Crippen LogP contribution in [0.2, 0.25) is 0 Å². The molecule has 0 spiro atoms. The van der Waals surface area contributed by atoms with Gasteiger partial charge < -0.3 is 5.32 Å². The van der Waals surface area contributed by atoms with Crippen molar-refractivity contribution in [3.63, 3.8) is 0 Å². The van der Waals surface area contributed by atoms with E-state index in [0.29, 0.717) is 0 Å². The highest BCUT2D eigenvalue weighted by Crippen LogP contribution is 2.11. The van der Waals surface area contributed by atoms with Gasteiger partial charge in [0.1, 0.15) is 0 Å². The standard InChI is InChI=1S/C12H15NO/c1-4-5-10-6-7-11(9(2)8-10)12(14)13-3/h4,6-8H,1,5H2,2-3H3,(H,13,14). The van der Waals surface area contributed by atoms with E-state index in [9.17, 15) is 4.79 Å². The molecule has 0 fully saturated rings. The SMILES string of the molecule is C=CCc1ccc(C(=O)NC)c(C)c1. The first-order chi connectivity index (χ1) is 6.69. The molecule has 74 valence electrons. The lowest BCUT2D eigenvalue weighted by Crippen LogP contribution is -2.18. The van der Waals surface area contributed by atoms with Gasteiger partial charge in [0.25, 0.3) is 5.91 Å². The molecule has 0 bridgehead atoms. The quantitative estimate of drug-likeness (QED) is 0.725. The summed E-state index contributed by atoms with van der Waals surface area (Å²) in [6.45, 7) is 5.62. The molecule has 0 unspecified atom stereocenters. The average molecular weight is 189 g/mol. The van der Waals surface area contributed by atoms with E-state index in [0.717, 1.165) is 17.5 Å². The summed E-state index contributed by atoms with van der Waals surface area (Å²) in [6, 6.07) is 5.83. The molecular weight excluding hydrogens is 174 g/mol. The summed E-state index contributed by atoms with van der Waals surface area (Å²) in [5, 5.41) is 2.61. The van der Waals surface area contributed by atoms with Crippen molar-refractivity contribution in [2.24, 2.45) is 0 Å². The van der Waals surface area contributed by atoms with Gasteiger partial charge in [0, 0.05) is 12.6 Å². The summed E-state index contributed by atoms with van der Waals surface area (Å²) in [4.78, 5) is 11.4. The summed E-state index contributed by atoms with van der Waals surface area (Å²) in [5.41, 5.74) is 2.93. The van der Waals surface area contributed by atoms with E-state index in [2.05, 4.69) is 11.9 Å². The Balaban J connectivity index is 3.00. The maximum Gasteiger partial charge on any atom is 0.251 e. The highest BCUT2D eigenvalue weighted by atomic mass is 16.1. The summed E-state index contributed by atoms with van der Waals surface area (Å²) >= 11 is 0. The van der Waals surface area contributed by atoms with Crippen LogP contribution < -0.4 is 5.32 Å². The third kappa shape index (κ3) is 2.22. The predicted octanol–water partition coefficient (Wildman–Crippen LogP) is 2.08. The van der Waals surface area contributed by atoms with Gasteiger partial charge in [-0.25, -0.2) is 0 Å². The number of benzene rings is 1. The van der Waals surface area contributed by atoms with Gasteiger partial charge in [-0.3, -0.25) is 4.79 Å². The second kappa shape index (κ2) is 4.61. The van der Waals surface area contributed by atoms with Crippen LogP contribution in [0.5, 0.6) is 0 Å². The fraction of sp³-hybridized carbons (Fsp3) is 0.250. The number of amides is 1. The zero-order valence-electron chi connectivity index (χ0n) is 8.63. The number of nitrogens with one attached hydrogen (secondary N) is 1. The number of carbonyl (C=O) groups excluding carboxylic acids is 1. The lowest BCUT2D eigenvalue weighted by atomic mass is 10.0. The van der Waals surface area contributed by atoms with Crippen molar-refractivity contribution in [3.8, 4) is 0 Å². The Bertz CT molecular complexity index is 355. The van der Waals surface area contributed by atoms with Crippen molar-refractivity contribution in [2.45, 2.75) is 13.3 Å². The number of rotatable bonds is 3. The molecule has 0 saturated heterocycles. The van der Waals surface area contributed by atoms with Crippen LogP contribution in [0, 0.1) is 6.92 Å². The number of hydrogen-bond acceptors (Lipinski definition) is 1. The summed E-state index contributed by atoms with van der Waals surface area (Å²) < 4.78 is 0. The van der Waals surface area contributed by atoms with Crippen LogP contribution in [0.15, 0.2) is 30.9 Å². The first kappa shape index (κ1) is 10.5. The van der Waals surface area contributed by atoms with Crippen molar-refractivity contribution in [1.82, 2.24) is 5.32 Å². The molecule has 0 aliphatic rings. The van der Waals surface area contributed by atoms with E-state index in [1.54, 1.807) is 7.05 Å². The maximum atomic E-state index is 11.4. The van der Waals surface area contributed by atoms with Gasteiger partial charge >= 0.3 is 0 Å². The van der Waals surface area contributed by atoms with E-state index in [4.69, 9.17) is 0 Å². The van der Waals surface area contributed by atoms with Crippen LogP contribution in [-0.2, 0) is 6.42 Å². The minimum absolute atomic E-state index is 0.0346. The highest BCUT2D eigenvalue weighted by Gasteiger charge is 2.06. The van der Waals surface area contributed by atoms with Crippen LogP contribution in [0.25, 0.3) is 0 Å². The van der Waals surface area contributed by atoms with E-state index in [1.165, 1.54) is 5.56 Å². The van der Waals surface area contributed by atoms with Crippen molar-refractivity contribution < 1.29 is 4.79 Å². The van der Waals surface area contributed by atoms with Gasteiger partial charge in [-0.2, -0.15) is 0 Å². The van der Waals surface area contributed by atoms with Gasteiger partial charge in [0.15, 0.2) is 0 Å². The molecule has 1 N–H and O–H groups in total. The molecular formula is C12H15NO. The first-order valence-electron chi connectivity index (χ1n) is 4.61. The number of aryl methyl sites for hydroxylation is 1. The van der Waals surface area contributed by atoms with Gasteiger partial charge in [-0.15, -0.1) is 6.58 Å².